The normalized spacial score (nSPS) is 25.2. The Labute approximate surface area is 155 Å². The molecule has 5 nitrogen and oxygen atoms in total. The molecule has 3 rings (SSSR count). The summed E-state index contributed by atoms with van der Waals surface area (Å²) in [6.45, 7) is 2.87. The number of carbonyl (C=O) groups is 1. The van der Waals surface area contributed by atoms with Gasteiger partial charge in [-0.1, -0.05) is 12.5 Å². The lowest BCUT2D eigenvalue weighted by atomic mass is 9.66. The fourth-order valence-corrected chi connectivity index (χ4v) is 3.74. The van der Waals surface area contributed by atoms with Gasteiger partial charge in [0.05, 0.1) is 37.7 Å². The monoisotopic (exact) mass is 357 g/mol. The molecule has 2 saturated carbocycles. The highest BCUT2D eigenvalue weighted by atomic mass is 16.5. The van der Waals surface area contributed by atoms with Gasteiger partial charge in [0.15, 0.2) is 11.5 Å². The van der Waals surface area contributed by atoms with Crippen molar-refractivity contribution < 1.29 is 19.0 Å². The second-order valence-electron chi connectivity index (χ2n) is 7.36. The second-order valence-corrected chi connectivity index (χ2v) is 7.36. The van der Waals surface area contributed by atoms with Crippen LogP contribution in [0.5, 0.6) is 11.5 Å². The first-order valence-corrected chi connectivity index (χ1v) is 9.51. The van der Waals surface area contributed by atoms with Crippen molar-refractivity contribution >= 4 is 5.97 Å². The highest BCUT2D eigenvalue weighted by molar-refractivity contribution is 5.73. The highest BCUT2D eigenvalue weighted by Crippen LogP contribution is 2.44. The number of nitrogens with zero attached hydrogens (tertiary/aromatic N) is 1. The number of methoxy groups -OCH3 is 1. The predicted octanol–water partition coefficient (Wildman–Crippen LogP) is 4.00. The van der Waals surface area contributed by atoms with E-state index in [1.807, 2.05) is 25.1 Å². The van der Waals surface area contributed by atoms with Crippen LogP contribution in [0.4, 0.5) is 0 Å². The van der Waals surface area contributed by atoms with Crippen LogP contribution in [0.2, 0.25) is 0 Å². The Morgan fingerprint density at radius 1 is 1.31 bits per heavy atom. The molecular weight excluding hydrogens is 330 g/mol. The summed E-state index contributed by atoms with van der Waals surface area (Å²) in [6.07, 6.45) is 5.28. The quantitative estimate of drug-likeness (QED) is 0.690. The summed E-state index contributed by atoms with van der Waals surface area (Å²) >= 11 is 0. The fourth-order valence-electron chi connectivity index (χ4n) is 3.74. The molecule has 0 aromatic heterocycles. The number of ether oxygens (including phenoxy) is 3. The molecular formula is C21H27NO4. The van der Waals surface area contributed by atoms with Crippen LogP contribution < -0.4 is 9.47 Å². The maximum absolute atomic E-state index is 12.2. The van der Waals surface area contributed by atoms with Gasteiger partial charge in [0.25, 0.3) is 0 Å². The molecule has 2 unspecified atom stereocenters. The van der Waals surface area contributed by atoms with Crippen LogP contribution in [-0.2, 0) is 14.9 Å². The Kier molecular flexibility index (Phi) is 5.70. The Hall–Kier alpha value is -2.22. The van der Waals surface area contributed by atoms with Gasteiger partial charge < -0.3 is 14.2 Å². The molecule has 1 aromatic carbocycles. The van der Waals surface area contributed by atoms with Crippen LogP contribution in [0, 0.1) is 23.2 Å². The lowest BCUT2D eigenvalue weighted by Gasteiger charge is -2.35. The third-order valence-corrected chi connectivity index (χ3v) is 5.47. The van der Waals surface area contributed by atoms with Crippen LogP contribution in [0.15, 0.2) is 18.2 Å². The smallest absolute Gasteiger partial charge is 0.308 e. The second kappa shape index (κ2) is 7.99. The minimum absolute atomic E-state index is 0.189. The average Bonchev–Trinajstić information content (AvgIpc) is 3.50. The zero-order valence-electron chi connectivity index (χ0n) is 15.6. The largest absolute Gasteiger partial charge is 0.493 e. The lowest BCUT2D eigenvalue weighted by molar-refractivity contribution is -0.149. The summed E-state index contributed by atoms with van der Waals surface area (Å²) in [7, 11) is 1.62. The number of carbonyl (C=O) groups excluding carboxylic acids is 1. The molecule has 0 saturated heterocycles. The number of benzene rings is 1. The third kappa shape index (κ3) is 3.95. The van der Waals surface area contributed by atoms with Gasteiger partial charge in [-0.3, -0.25) is 4.79 Å². The molecule has 0 N–H and O–H groups in total. The topological polar surface area (TPSA) is 68.6 Å². The van der Waals surface area contributed by atoms with Crippen molar-refractivity contribution in [3.8, 4) is 17.6 Å². The third-order valence-electron chi connectivity index (χ3n) is 5.47. The molecule has 26 heavy (non-hydrogen) atoms. The number of esters is 1. The molecule has 0 bridgehead atoms. The van der Waals surface area contributed by atoms with Crippen LogP contribution in [0.25, 0.3) is 0 Å². The van der Waals surface area contributed by atoms with Gasteiger partial charge in [-0.15, -0.1) is 0 Å². The molecule has 0 spiro atoms. The molecule has 2 atom stereocenters. The molecule has 2 aliphatic carbocycles. The Bertz CT molecular complexity index is 692. The molecule has 0 aliphatic heterocycles. The first-order valence-electron chi connectivity index (χ1n) is 9.51. The van der Waals surface area contributed by atoms with E-state index >= 15 is 0 Å². The van der Waals surface area contributed by atoms with E-state index in [9.17, 15) is 10.1 Å². The Balaban J connectivity index is 1.85. The van der Waals surface area contributed by atoms with Gasteiger partial charge in [-0.2, -0.15) is 5.26 Å². The van der Waals surface area contributed by atoms with E-state index in [2.05, 4.69) is 6.07 Å². The van der Waals surface area contributed by atoms with E-state index in [-0.39, 0.29) is 11.9 Å². The molecule has 0 amide bonds. The summed E-state index contributed by atoms with van der Waals surface area (Å²) in [5.74, 6) is 1.59. The van der Waals surface area contributed by atoms with Crippen molar-refractivity contribution in [3.63, 3.8) is 0 Å². The summed E-state index contributed by atoms with van der Waals surface area (Å²) in [5, 5.41) is 10.00. The zero-order chi connectivity index (χ0) is 18.6. The maximum Gasteiger partial charge on any atom is 0.308 e. The molecule has 140 valence electrons. The minimum Gasteiger partial charge on any atom is -0.493 e. The van der Waals surface area contributed by atoms with Gasteiger partial charge in [0, 0.05) is 0 Å². The van der Waals surface area contributed by atoms with E-state index in [4.69, 9.17) is 14.2 Å². The molecule has 0 radical (unpaired) electrons. The van der Waals surface area contributed by atoms with Crippen molar-refractivity contribution in [2.75, 3.05) is 20.3 Å². The first kappa shape index (κ1) is 18.6. The maximum atomic E-state index is 12.2. The average molecular weight is 357 g/mol. The van der Waals surface area contributed by atoms with Gasteiger partial charge in [-0.05, 0) is 62.6 Å². The predicted molar refractivity (Wildman–Crippen MR) is 97.1 cm³/mol. The zero-order valence-corrected chi connectivity index (χ0v) is 15.6. The minimum atomic E-state index is -0.681. The van der Waals surface area contributed by atoms with E-state index in [0.717, 1.165) is 24.8 Å². The summed E-state index contributed by atoms with van der Waals surface area (Å²) in [6, 6.07) is 8.22. The van der Waals surface area contributed by atoms with Crippen LogP contribution in [0.3, 0.4) is 0 Å². The van der Waals surface area contributed by atoms with Crippen LogP contribution in [-0.4, -0.2) is 26.3 Å². The molecule has 2 aliphatic rings. The summed E-state index contributed by atoms with van der Waals surface area (Å²) in [4.78, 5) is 12.2. The van der Waals surface area contributed by atoms with Crippen molar-refractivity contribution in [1.29, 1.82) is 5.26 Å². The van der Waals surface area contributed by atoms with E-state index < -0.39 is 5.41 Å². The van der Waals surface area contributed by atoms with Crippen molar-refractivity contribution in [1.82, 2.24) is 0 Å². The van der Waals surface area contributed by atoms with Crippen molar-refractivity contribution in [2.45, 2.75) is 50.9 Å². The van der Waals surface area contributed by atoms with Gasteiger partial charge >= 0.3 is 5.97 Å². The number of hydrogen-bond acceptors (Lipinski definition) is 5. The fraction of sp³-hybridized carbons (Fsp3) is 0.619. The standard InChI is InChI=1S/C21H27NO4/c1-3-25-20(23)16-5-4-10-21(12-16,14-22)17-8-9-18(24-2)19(11-17)26-13-15-6-7-15/h8-9,11,15-16H,3-7,10,12-13H2,1-2H3. The summed E-state index contributed by atoms with van der Waals surface area (Å²) < 4.78 is 16.6. The molecule has 2 fully saturated rings. The number of nitriles is 1. The van der Waals surface area contributed by atoms with E-state index in [1.54, 1.807) is 7.11 Å². The van der Waals surface area contributed by atoms with Crippen LogP contribution >= 0.6 is 0 Å². The number of hydrogen-bond donors (Lipinski definition) is 0. The van der Waals surface area contributed by atoms with Crippen molar-refractivity contribution in [2.24, 2.45) is 11.8 Å². The summed E-state index contributed by atoms with van der Waals surface area (Å²) in [5.41, 5.74) is 0.222. The van der Waals surface area contributed by atoms with E-state index in [1.165, 1.54) is 12.8 Å². The molecule has 5 heteroatoms. The van der Waals surface area contributed by atoms with Gasteiger partial charge in [0.1, 0.15) is 0 Å². The highest BCUT2D eigenvalue weighted by Gasteiger charge is 2.41. The van der Waals surface area contributed by atoms with E-state index in [0.29, 0.717) is 37.1 Å². The SMILES string of the molecule is CCOC(=O)C1CCCC(C#N)(c2ccc(OC)c(OCC3CC3)c2)C1. The Morgan fingerprint density at radius 2 is 2.12 bits per heavy atom. The first-order chi connectivity index (χ1) is 12.6. The van der Waals surface area contributed by atoms with Crippen LogP contribution in [0.1, 0.15) is 51.0 Å². The lowest BCUT2D eigenvalue weighted by Crippen LogP contribution is -2.35. The number of rotatable bonds is 7. The van der Waals surface area contributed by atoms with Crippen molar-refractivity contribution in [3.05, 3.63) is 23.8 Å². The Morgan fingerprint density at radius 3 is 2.77 bits per heavy atom. The molecule has 1 aromatic rings. The van der Waals surface area contributed by atoms with Gasteiger partial charge in [-0.25, -0.2) is 0 Å². The molecule has 0 heterocycles. The van der Waals surface area contributed by atoms with Gasteiger partial charge in [0.2, 0.25) is 0 Å².